The molecule has 39 heavy (non-hydrogen) atoms. The molecule has 6 rings (SSSR count). The lowest BCUT2D eigenvalue weighted by Gasteiger charge is -2.32. The molecule has 2 saturated heterocycles. The van der Waals surface area contributed by atoms with E-state index in [0.29, 0.717) is 22.8 Å². The van der Waals surface area contributed by atoms with Crippen molar-refractivity contribution >= 4 is 22.6 Å². The summed E-state index contributed by atoms with van der Waals surface area (Å²) in [6.45, 7) is 4.06. The van der Waals surface area contributed by atoms with Crippen LogP contribution in [0.1, 0.15) is 48.0 Å². The van der Waals surface area contributed by atoms with Crippen LogP contribution in [-0.4, -0.2) is 55.2 Å². The highest BCUT2D eigenvalue weighted by Crippen LogP contribution is 2.29. The predicted molar refractivity (Wildman–Crippen MR) is 142 cm³/mol. The zero-order chi connectivity index (χ0) is 26.8. The van der Waals surface area contributed by atoms with Crippen molar-refractivity contribution in [2.24, 2.45) is 0 Å². The number of hydrogen-bond acceptors (Lipinski definition) is 8. The summed E-state index contributed by atoms with van der Waals surface area (Å²) in [4.78, 5) is 20.4. The molecule has 0 saturated carbocycles. The molecule has 0 amide bonds. The van der Waals surface area contributed by atoms with E-state index in [4.69, 9.17) is 26.1 Å². The molecule has 200 valence electrons. The van der Waals surface area contributed by atoms with E-state index >= 15 is 0 Å². The first-order chi connectivity index (χ1) is 19.1. The number of nitrogens with zero attached hydrogens (tertiary/aromatic N) is 7. The number of ether oxygens (including phenoxy) is 2. The molecule has 0 spiro atoms. The molecule has 3 aromatic heterocycles. The van der Waals surface area contributed by atoms with Crippen molar-refractivity contribution < 1.29 is 13.9 Å². The quantitative estimate of drug-likeness (QED) is 0.314. The molecule has 0 aliphatic carbocycles. The van der Waals surface area contributed by atoms with E-state index in [9.17, 15) is 9.65 Å². The number of hydrogen-bond donors (Lipinski definition) is 0. The number of imidazole rings is 1. The molecule has 1 unspecified atom stereocenters. The smallest absolute Gasteiger partial charge is 0.316 e. The first kappa shape index (κ1) is 25.6. The SMILES string of the molecule is N#Cc1cc2nc(CN3CCC(c4ccnc(OCc5ccc(Cl)cc5F)n4)CC3)n(CC3CCO3)c2cn1. The van der Waals surface area contributed by atoms with Crippen molar-refractivity contribution in [1.29, 1.82) is 5.26 Å². The Morgan fingerprint density at radius 1 is 1.13 bits per heavy atom. The summed E-state index contributed by atoms with van der Waals surface area (Å²) < 4.78 is 27.6. The fraction of sp³-hybridized carbons (Fsp3) is 0.393. The van der Waals surface area contributed by atoms with Crippen molar-refractivity contribution in [1.82, 2.24) is 29.4 Å². The molecule has 5 heterocycles. The third-order valence-electron chi connectivity index (χ3n) is 7.41. The van der Waals surface area contributed by atoms with Crippen LogP contribution < -0.4 is 4.74 Å². The van der Waals surface area contributed by atoms with Crippen LogP contribution in [0.15, 0.2) is 42.7 Å². The van der Waals surface area contributed by atoms with E-state index < -0.39 is 5.82 Å². The molecule has 11 heteroatoms. The number of halogens is 2. The van der Waals surface area contributed by atoms with Crippen molar-refractivity contribution in [2.75, 3.05) is 19.7 Å². The molecule has 2 fully saturated rings. The van der Waals surface area contributed by atoms with Crippen molar-refractivity contribution in [2.45, 2.75) is 51.0 Å². The lowest BCUT2D eigenvalue weighted by Crippen LogP contribution is -2.35. The summed E-state index contributed by atoms with van der Waals surface area (Å²) in [5.74, 6) is 0.827. The fourth-order valence-corrected chi connectivity index (χ4v) is 5.27. The fourth-order valence-electron chi connectivity index (χ4n) is 5.11. The van der Waals surface area contributed by atoms with Gasteiger partial charge in [-0.25, -0.2) is 19.3 Å². The average molecular weight is 548 g/mol. The van der Waals surface area contributed by atoms with E-state index in [1.165, 1.54) is 6.07 Å². The van der Waals surface area contributed by atoms with E-state index in [1.54, 1.807) is 30.6 Å². The topological polar surface area (TPSA) is 102 Å². The lowest BCUT2D eigenvalue weighted by atomic mass is 9.93. The summed E-state index contributed by atoms with van der Waals surface area (Å²) in [6.07, 6.45) is 6.53. The number of rotatable bonds is 8. The molecule has 0 N–H and O–H groups in total. The standard InChI is InChI=1S/C28H27ClFN7O2/c29-20-2-1-19(23(30)11-20)17-39-28-32-7-3-24(35-28)18-4-8-36(9-5-18)16-27-34-25-12-21(13-31)33-14-26(25)37(27)15-22-6-10-38-22/h1-3,7,11-12,14,18,22H,4-6,8-10,15-17H2. The monoisotopic (exact) mass is 547 g/mol. The number of aromatic nitrogens is 5. The highest BCUT2D eigenvalue weighted by molar-refractivity contribution is 6.30. The predicted octanol–water partition coefficient (Wildman–Crippen LogP) is 4.63. The molecule has 9 nitrogen and oxygen atoms in total. The Morgan fingerprint density at radius 2 is 1.97 bits per heavy atom. The Kier molecular flexibility index (Phi) is 7.37. The highest BCUT2D eigenvalue weighted by Gasteiger charge is 2.26. The van der Waals surface area contributed by atoms with Gasteiger partial charge in [-0.2, -0.15) is 10.2 Å². The normalized spacial score (nSPS) is 18.1. The Morgan fingerprint density at radius 3 is 2.72 bits per heavy atom. The second kappa shape index (κ2) is 11.2. The number of fused-ring (bicyclic) bond motifs is 1. The van der Waals surface area contributed by atoms with Crippen LogP contribution in [0, 0.1) is 17.1 Å². The Balaban J connectivity index is 1.10. The van der Waals surface area contributed by atoms with Gasteiger partial charge in [-0.05, 0) is 50.6 Å². The number of piperidine rings is 1. The van der Waals surface area contributed by atoms with Gasteiger partial charge in [0.05, 0.1) is 42.1 Å². The second-order valence-electron chi connectivity index (χ2n) is 9.93. The van der Waals surface area contributed by atoms with Crippen LogP contribution >= 0.6 is 11.6 Å². The van der Waals surface area contributed by atoms with Gasteiger partial charge in [-0.1, -0.05) is 17.7 Å². The van der Waals surface area contributed by atoms with E-state index in [2.05, 4.69) is 30.5 Å². The molecular formula is C28H27ClFN7O2. The first-order valence-corrected chi connectivity index (χ1v) is 13.4. The van der Waals surface area contributed by atoms with Gasteiger partial charge in [0.15, 0.2) is 0 Å². The zero-order valence-electron chi connectivity index (χ0n) is 21.3. The van der Waals surface area contributed by atoms with E-state index in [-0.39, 0.29) is 24.6 Å². The van der Waals surface area contributed by atoms with Gasteiger partial charge in [0.1, 0.15) is 30.0 Å². The van der Waals surface area contributed by atoms with Gasteiger partial charge < -0.3 is 14.0 Å². The Labute approximate surface area is 230 Å². The average Bonchev–Trinajstić information content (AvgIpc) is 3.26. The largest absolute Gasteiger partial charge is 0.458 e. The lowest BCUT2D eigenvalue weighted by molar-refractivity contribution is -0.0592. The van der Waals surface area contributed by atoms with Gasteiger partial charge in [-0.15, -0.1) is 0 Å². The van der Waals surface area contributed by atoms with E-state index in [0.717, 1.165) is 68.1 Å². The minimum Gasteiger partial charge on any atom is -0.458 e. The molecule has 2 aliphatic rings. The minimum absolute atomic E-state index is 0.0309. The van der Waals surface area contributed by atoms with Crippen LogP contribution in [0.4, 0.5) is 4.39 Å². The van der Waals surface area contributed by atoms with Crippen LogP contribution in [0.2, 0.25) is 5.02 Å². The van der Waals surface area contributed by atoms with Crippen molar-refractivity contribution in [3.05, 3.63) is 76.3 Å². The second-order valence-corrected chi connectivity index (χ2v) is 10.4. The zero-order valence-corrected chi connectivity index (χ0v) is 22.0. The van der Waals surface area contributed by atoms with Gasteiger partial charge in [0, 0.05) is 35.4 Å². The maximum absolute atomic E-state index is 14.1. The number of pyridine rings is 1. The molecule has 0 radical (unpaired) electrons. The third kappa shape index (κ3) is 5.71. The van der Waals surface area contributed by atoms with Crippen LogP contribution in [0.25, 0.3) is 11.0 Å². The summed E-state index contributed by atoms with van der Waals surface area (Å²) in [5, 5.41) is 9.60. The summed E-state index contributed by atoms with van der Waals surface area (Å²) in [6, 6.07) is 10.5. The van der Waals surface area contributed by atoms with Crippen LogP contribution in [0.5, 0.6) is 6.01 Å². The van der Waals surface area contributed by atoms with Crippen molar-refractivity contribution in [3.63, 3.8) is 0 Å². The molecule has 2 aliphatic heterocycles. The maximum Gasteiger partial charge on any atom is 0.316 e. The third-order valence-corrected chi connectivity index (χ3v) is 7.64. The van der Waals surface area contributed by atoms with Gasteiger partial charge >= 0.3 is 6.01 Å². The number of likely N-dealkylation sites (tertiary alicyclic amines) is 1. The first-order valence-electron chi connectivity index (χ1n) is 13.0. The Hall–Kier alpha value is -3.65. The van der Waals surface area contributed by atoms with Gasteiger partial charge in [0.2, 0.25) is 0 Å². The van der Waals surface area contributed by atoms with Crippen LogP contribution in [-0.2, 0) is 24.4 Å². The molecule has 4 aromatic rings. The van der Waals surface area contributed by atoms with Crippen molar-refractivity contribution in [3.8, 4) is 12.1 Å². The van der Waals surface area contributed by atoms with Gasteiger partial charge in [0.25, 0.3) is 0 Å². The Bertz CT molecular complexity index is 1530. The molecule has 1 aromatic carbocycles. The summed E-state index contributed by atoms with van der Waals surface area (Å²) in [5.41, 5.74) is 3.42. The van der Waals surface area contributed by atoms with Gasteiger partial charge in [-0.3, -0.25) is 4.90 Å². The number of nitriles is 1. The highest BCUT2D eigenvalue weighted by atomic mass is 35.5. The minimum atomic E-state index is -0.415. The summed E-state index contributed by atoms with van der Waals surface area (Å²) >= 11 is 5.83. The van der Waals surface area contributed by atoms with E-state index in [1.807, 2.05) is 6.07 Å². The number of benzene rings is 1. The molecular weight excluding hydrogens is 521 g/mol. The summed E-state index contributed by atoms with van der Waals surface area (Å²) in [7, 11) is 0. The van der Waals surface area contributed by atoms with Crippen LogP contribution in [0.3, 0.4) is 0 Å². The maximum atomic E-state index is 14.1. The molecule has 0 bridgehead atoms. The molecule has 1 atom stereocenters.